The highest BCUT2D eigenvalue weighted by Gasteiger charge is 2.33. The van der Waals surface area contributed by atoms with Gasteiger partial charge in [0.25, 0.3) is 0 Å². The number of anilines is 2. The van der Waals surface area contributed by atoms with Crippen molar-refractivity contribution in [2.75, 3.05) is 10.6 Å². The van der Waals surface area contributed by atoms with E-state index in [1.54, 1.807) is 0 Å². The van der Waals surface area contributed by atoms with E-state index in [2.05, 4.69) is 24.5 Å². The highest BCUT2D eigenvalue weighted by atomic mass is 32.1. The standard InChI is InChI=1S/C18H19F3N2S/c1-3-12(2)13-8-4-6-10-15(13)22-17(24)23-16-11-7-5-9-14(16)18(19,20)21/h4-12H,3H2,1-2H3,(H2,22,23,24). The molecule has 2 aromatic carbocycles. The molecule has 0 aliphatic rings. The largest absolute Gasteiger partial charge is 0.418 e. The molecule has 0 aromatic heterocycles. The zero-order chi connectivity index (χ0) is 17.7. The van der Waals surface area contributed by atoms with Crippen LogP contribution >= 0.6 is 12.2 Å². The zero-order valence-electron chi connectivity index (χ0n) is 13.4. The average Bonchev–Trinajstić information content (AvgIpc) is 2.54. The van der Waals surface area contributed by atoms with Crippen molar-refractivity contribution in [3.8, 4) is 0 Å². The van der Waals surface area contributed by atoms with Crippen LogP contribution in [-0.4, -0.2) is 5.11 Å². The lowest BCUT2D eigenvalue weighted by Crippen LogP contribution is -2.22. The summed E-state index contributed by atoms with van der Waals surface area (Å²) in [5.41, 5.74) is 1.06. The maximum absolute atomic E-state index is 13.0. The lowest BCUT2D eigenvalue weighted by molar-refractivity contribution is -0.136. The van der Waals surface area contributed by atoms with Gasteiger partial charge in [0.15, 0.2) is 5.11 Å². The summed E-state index contributed by atoms with van der Waals surface area (Å²) in [4.78, 5) is 0. The molecule has 2 N–H and O–H groups in total. The Labute approximate surface area is 145 Å². The van der Waals surface area contributed by atoms with Gasteiger partial charge in [-0.1, -0.05) is 44.2 Å². The van der Waals surface area contributed by atoms with Gasteiger partial charge in [-0.05, 0) is 48.3 Å². The molecule has 24 heavy (non-hydrogen) atoms. The number of hydrogen-bond acceptors (Lipinski definition) is 1. The van der Waals surface area contributed by atoms with Crippen molar-refractivity contribution >= 4 is 28.7 Å². The number of benzene rings is 2. The Morgan fingerprint density at radius 1 is 1.00 bits per heavy atom. The minimum Gasteiger partial charge on any atom is -0.332 e. The van der Waals surface area contributed by atoms with Gasteiger partial charge in [-0.15, -0.1) is 0 Å². The Morgan fingerprint density at radius 2 is 1.54 bits per heavy atom. The third kappa shape index (κ3) is 4.47. The molecule has 2 nitrogen and oxygen atoms in total. The van der Waals surface area contributed by atoms with E-state index in [4.69, 9.17) is 12.2 Å². The molecular formula is C18H19F3N2S. The van der Waals surface area contributed by atoms with E-state index in [0.29, 0.717) is 5.92 Å². The van der Waals surface area contributed by atoms with Crippen LogP contribution in [0.25, 0.3) is 0 Å². The summed E-state index contributed by atoms with van der Waals surface area (Å²) in [6, 6.07) is 12.9. The Hall–Kier alpha value is -2.08. The van der Waals surface area contributed by atoms with Crippen molar-refractivity contribution in [3.05, 3.63) is 59.7 Å². The summed E-state index contributed by atoms with van der Waals surface area (Å²) in [5.74, 6) is 0.318. The number of para-hydroxylation sites is 2. The molecule has 128 valence electrons. The van der Waals surface area contributed by atoms with Gasteiger partial charge < -0.3 is 10.6 Å². The highest BCUT2D eigenvalue weighted by Crippen LogP contribution is 2.34. The van der Waals surface area contributed by atoms with Crippen LogP contribution in [-0.2, 0) is 6.18 Å². The fourth-order valence-electron chi connectivity index (χ4n) is 2.38. The molecule has 0 radical (unpaired) electrons. The first-order valence-corrected chi connectivity index (χ1v) is 8.07. The molecule has 0 heterocycles. The van der Waals surface area contributed by atoms with Gasteiger partial charge in [-0.2, -0.15) is 13.2 Å². The average molecular weight is 352 g/mol. The zero-order valence-corrected chi connectivity index (χ0v) is 14.3. The summed E-state index contributed by atoms with van der Waals surface area (Å²) >= 11 is 5.19. The summed E-state index contributed by atoms with van der Waals surface area (Å²) < 4.78 is 39.1. The smallest absolute Gasteiger partial charge is 0.332 e. The Kier molecular flexibility index (Phi) is 5.83. The van der Waals surface area contributed by atoms with E-state index < -0.39 is 11.7 Å². The van der Waals surface area contributed by atoms with Crippen LogP contribution in [0.4, 0.5) is 24.5 Å². The van der Waals surface area contributed by atoms with Crippen LogP contribution in [0.3, 0.4) is 0 Å². The minimum atomic E-state index is -4.44. The molecule has 6 heteroatoms. The van der Waals surface area contributed by atoms with Crippen molar-refractivity contribution in [1.29, 1.82) is 0 Å². The van der Waals surface area contributed by atoms with E-state index in [-0.39, 0.29) is 10.8 Å². The second-order valence-corrected chi connectivity index (χ2v) is 5.93. The summed E-state index contributed by atoms with van der Waals surface area (Å²) in [6.45, 7) is 4.17. The third-order valence-electron chi connectivity index (χ3n) is 3.83. The van der Waals surface area contributed by atoms with Gasteiger partial charge in [-0.25, -0.2) is 0 Å². The molecule has 0 aliphatic carbocycles. The number of alkyl halides is 3. The number of rotatable bonds is 4. The normalized spacial score (nSPS) is 12.5. The van der Waals surface area contributed by atoms with Crippen molar-refractivity contribution < 1.29 is 13.2 Å². The maximum atomic E-state index is 13.0. The summed E-state index contributed by atoms with van der Waals surface area (Å²) in [5, 5.41) is 5.78. The van der Waals surface area contributed by atoms with E-state index in [0.717, 1.165) is 23.7 Å². The summed E-state index contributed by atoms with van der Waals surface area (Å²) in [7, 11) is 0. The van der Waals surface area contributed by atoms with Crippen molar-refractivity contribution in [2.45, 2.75) is 32.4 Å². The van der Waals surface area contributed by atoms with Gasteiger partial charge in [0.1, 0.15) is 0 Å². The molecule has 1 unspecified atom stereocenters. The lowest BCUT2D eigenvalue weighted by atomic mass is 9.97. The molecule has 0 saturated heterocycles. The lowest BCUT2D eigenvalue weighted by Gasteiger charge is -2.19. The predicted molar refractivity (Wildman–Crippen MR) is 96.4 cm³/mol. The van der Waals surface area contributed by atoms with Crippen LogP contribution in [0.15, 0.2) is 48.5 Å². The Bertz CT molecular complexity index is 713. The van der Waals surface area contributed by atoms with E-state index in [1.807, 2.05) is 24.3 Å². The predicted octanol–water partition coefficient (Wildman–Crippen LogP) is 6.03. The van der Waals surface area contributed by atoms with Crippen LogP contribution < -0.4 is 10.6 Å². The first-order valence-electron chi connectivity index (χ1n) is 7.66. The Balaban J connectivity index is 2.19. The monoisotopic (exact) mass is 352 g/mol. The van der Waals surface area contributed by atoms with Gasteiger partial charge >= 0.3 is 6.18 Å². The number of nitrogens with one attached hydrogen (secondary N) is 2. The SMILES string of the molecule is CCC(C)c1ccccc1NC(=S)Nc1ccccc1C(F)(F)F. The Morgan fingerprint density at radius 3 is 2.17 bits per heavy atom. The second-order valence-electron chi connectivity index (χ2n) is 5.52. The van der Waals surface area contributed by atoms with Crippen molar-refractivity contribution in [3.63, 3.8) is 0 Å². The van der Waals surface area contributed by atoms with E-state index in [9.17, 15) is 13.2 Å². The highest BCUT2D eigenvalue weighted by molar-refractivity contribution is 7.80. The molecule has 0 amide bonds. The van der Waals surface area contributed by atoms with Crippen molar-refractivity contribution in [2.24, 2.45) is 0 Å². The topological polar surface area (TPSA) is 24.1 Å². The summed E-state index contributed by atoms with van der Waals surface area (Å²) in [6.07, 6.45) is -3.48. The maximum Gasteiger partial charge on any atom is 0.418 e. The number of hydrogen-bond donors (Lipinski definition) is 2. The molecule has 0 spiro atoms. The molecule has 1 atom stereocenters. The van der Waals surface area contributed by atoms with Gasteiger partial charge in [0, 0.05) is 5.69 Å². The van der Waals surface area contributed by atoms with Crippen LogP contribution in [0.1, 0.15) is 37.3 Å². The van der Waals surface area contributed by atoms with E-state index in [1.165, 1.54) is 18.2 Å². The van der Waals surface area contributed by atoms with E-state index >= 15 is 0 Å². The third-order valence-corrected chi connectivity index (χ3v) is 4.04. The number of halogens is 3. The quantitative estimate of drug-likeness (QED) is 0.657. The molecule has 0 saturated carbocycles. The fraction of sp³-hybridized carbons (Fsp3) is 0.278. The number of thiocarbonyl (C=S) groups is 1. The van der Waals surface area contributed by atoms with Crippen LogP contribution in [0.2, 0.25) is 0 Å². The minimum absolute atomic E-state index is 0.0662. The van der Waals surface area contributed by atoms with Gasteiger partial charge in [0.2, 0.25) is 0 Å². The molecule has 2 rings (SSSR count). The molecule has 2 aromatic rings. The first-order chi connectivity index (χ1) is 11.3. The molecular weight excluding hydrogens is 333 g/mol. The first kappa shape index (κ1) is 18.3. The van der Waals surface area contributed by atoms with Gasteiger partial charge in [0.05, 0.1) is 11.3 Å². The fourth-order valence-corrected chi connectivity index (χ4v) is 2.60. The molecule has 0 bridgehead atoms. The van der Waals surface area contributed by atoms with Crippen LogP contribution in [0.5, 0.6) is 0 Å². The molecule has 0 aliphatic heterocycles. The van der Waals surface area contributed by atoms with Gasteiger partial charge in [-0.3, -0.25) is 0 Å². The van der Waals surface area contributed by atoms with Crippen LogP contribution in [0, 0.1) is 0 Å². The second kappa shape index (κ2) is 7.66. The van der Waals surface area contributed by atoms with Crippen molar-refractivity contribution in [1.82, 2.24) is 0 Å². The molecule has 0 fully saturated rings.